The van der Waals surface area contributed by atoms with Gasteiger partial charge in [0.2, 0.25) is 5.96 Å². The lowest BCUT2D eigenvalue weighted by molar-refractivity contribution is 0.626. The minimum absolute atomic E-state index is 0.0426. The number of hydrogen-bond acceptors (Lipinski definition) is 1. The molecule has 0 amide bonds. The lowest BCUT2D eigenvalue weighted by Gasteiger charge is -2.06. The van der Waals surface area contributed by atoms with Gasteiger partial charge in [0.1, 0.15) is 5.82 Å². The molecule has 0 spiro atoms. The van der Waals surface area contributed by atoms with Crippen LogP contribution in [-0.2, 0) is 6.42 Å². The Labute approximate surface area is 121 Å². The quantitative estimate of drug-likeness (QED) is 0.580. The van der Waals surface area contributed by atoms with Gasteiger partial charge in [-0.05, 0) is 41.7 Å². The number of aliphatic imine (C=N–C) groups is 2. The van der Waals surface area contributed by atoms with E-state index in [0.717, 1.165) is 16.7 Å². The summed E-state index contributed by atoms with van der Waals surface area (Å²) in [5, 5.41) is 0.125. The van der Waals surface area contributed by atoms with Crippen molar-refractivity contribution in [2.45, 2.75) is 12.8 Å². The van der Waals surface area contributed by atoms with E-state index < -0.39 is 5.82 Å². The number of benzene rings is 1. The molecule has 5 nitrogen and oxygen atoms in total. The van der Waals surface area contributed by atoms with E-state index in [2.05, 4.69) is 9.98 Å². The summed E-state index contributed by atoms with van der Waals surface area (Å²) in [4.78, 5) is 7.66. The van der Waals surface area contributed by atoms with Crippen molar-refractivity contribution in [1.29, 1.82) is 0 Å². The van der Waals surface area contributed by atoms with E-state index in [1.54, 1.807) is 6.07 Å². The largest absolute Gasteiger partial charge is 0.370 e. The molecule has 1 aromatic rings. The van der Waals surface area contributed by atoms with E-state index in [1.165, 1.54) is 6.07 Å². The molecule has 1 aliphatic carbocycles. The maximum atomic E-state index is 13.3. The molecule has 0 unspecified atom stereocenters. The maximum Gasteiger partial charge on any atom is 0.218 e. The minimum atomic E-state index is -0.393. The van der Waals surface area contributed by atoms with Gasteiger partial charge in [-0.1, -0.05) is 17.7 Å². The van der Waals surface area contributed by atoms with E-state index in [-0.39, 0.29) is 16.9 Å². The van der Waals surface area contributed by atoms with Crippen LogP contribution in [-0.4, -0.2) is 18.5 Å². The highest BCUT2D eigenvalue weighted by Crippen LogP contribution is 2.33. The second kappa shape index (κ2) is 5.92. The molecule has 106 valence electrons. The molecule has 7 heteroatoms. The van der Waals surface area contributed by atoms with Gasteiger partial charge in [0.05, 0.1) is 5.02 Å². The molecular weight excluding hydrogens is 281 g/mol. The average molecular weight is 296 g/mol. The molecule has 2 rings (SSSR count). The van der Waals surface area contributed by atoms with E-state index >= 15 is 0 Å². The molecule has 0 aliphatic heterocycles. The second-order valence-electron chi connectivity index (χ2n) is 4.38. The predicted molar refractivity (Wildman–Crippen MR) is 80.0 cm³/mol. The van der Waals surface area contributed by atoms with Crippen LogP contribution in [0.2, 0.25) is 5.02 Å². The summed E-state index contributed by atoms with van der Waals surface area (Å²) in [7, 11) is 0. The zero-order chi connectivity index (χ0) is 14.7. The highest BCUT2D eigenvalue weighted by molar-refractivity contribution is 6.31. The van der Waals surface area contributed by atoms with Gasteiger partial charge in [0.15, 0.2) is 5.96 Å². The van der Waals surface area contributed by atoms with Crippen molar-refractivity contribution in [3.05, 3.63) is 40.2 Å². The molecule has 0 saturated carbocycles. The Morgan fingerprint density at radius 3 is 2.75 bits per heavy atom. The third kappa shape index (κ3) is 3.27. The molecule has 1 aromatic carbocycles. The van der Waals surface area contributed by atoms with Gasteiger partial charge in [0.25, 0.3) is 0 Å². The summed E-state index contributed by atoms with van der Waals surface area (Å²) in [6, 6.07) is 3.12. The first kappa shape index (κ1) is 14.3. The number of nitrogens with zero attached hydrogens (tertiary/aromatic N) is 2. The Balaban J connectivity index is 2.05. The van der Waals surface area contributed by atoms with E-state index in [1.807, 2.05) is 6.08 Å². The fraction of sp³-hybridized carbons (Fsp3) is 0.231. The normalized spacial score (nSPS) is 13.9. The first-order valence-corrected chi connectivity index (χ1v) is 6.42. The number of fused-ring (bicyclic) bond motifs is 1. The van der Waals surface area contributed by atoms with Crippen molar-refractivity contribution in [1.82, 2.24) is 0 Å². The zero-order valence-corrected chi connectivity index (χ0v) is 11.5. The monoisotopic (exact) mass is 295 g/mol. The molecule has 0 heterocycles. The van der Waals surface area contributed by atoms with Gasteiger partial charge in [0, 0.05) is 6.54 Å². The molecule has 0 aromatic heterocycles. The number of hydrogen-bond donors (Lipinski definition) is 3. The van der Waals surface area contributed by atoms with Crippen molar-refractivity contribution in [2.75, 3.05) is 6.54 Å². The van der Waals surface area contributed by atoms with Crippen LogP contribution < -0.4 is 17.2 Å². The number of nitrogens with two attached hydrogens (primary N) is 3. The van der Waals surface area contributed by atoms with Gasteiger partial charge in [-0.25, -0.2) is 4.39 Å². The third-order valence-electron chi connectivity index (χ3n) is 2.96. The van der Waals surface area contributed by atoms with Gasteiger partial charge in [-0.3, -0.25) is 4.99 Å². The molecular formula is C13H15ClFN5. The Kier molecular flexibility index (Phi) is 4.24. The zero-order valence-electron chi connectivity index (χ0n) is 10.7. The summed E-state index contributed by atoms with van der Waals surface area (Å²) in [6.45, 7) is 0.447. The number of rotatable bonds is 3. The van der Waals surface area contributed by atoms with E-state index in [4.69, 9.17) is 28.8 Å². The molecule has 0 bridgehead atoms. The fourth-order valence-electron chi connectivity index (χ4n) is 2.09. The van der Waals surface area contributed by atoms with Gasteiger partial charge < -0.3 is 17.2 Å². The molecule has 0 radical (unpaired) electrons. The molecule has 20 heavy (non-hydrogen) atoms. The number of halogens is 2. The highest BCUT2D eigenvalue weighted by atomic mass is 35.5. The summed E-state index contributed by atoms with van der Waals surface area (Å²) < 4.78 is 13.3. The summed E-state index contributed by atoms with van der Waals surface area (Å²) >= 11 is 5.80. The SMILES string of the molecule is NC(N)=NC(N)=NCCC1=CCc2cc(F)c(Cl)cc21. The molecule has 1 aliphatic rings. The number of guanidine groups is 2. The Morgan fingerprint density at radius 2 is 2.05 bits per heavy atom. The summed E-state index contributed by atoms with van der Waals surface area (Å²) in [5.41, 5.74) is 18.9. The van der Waals surface area contributed by atoms with Crippen LogP contribution in [0.1, 0.15) is 17.5 Å². The molecule has 0 atom stereocenters. The van der Waals surface area contributed by atoms with Crippen LogP contribution >= 0.6 is 11.6 Å². The summed E-state index contributed by atoms with van der Waals surface area (Å²) in [6.07, 6.45) is 3.40. The standard InChI is InChI=1S/C13H15ClFN5/c14-10-6-9-7(1-2-8(9)5-11(10)15)3-4-19-13(18)20-12(16)17/h1,5-6H,2-4H2,(H6,16,17,18,19,20). The first-order valence-electron chi connectivity index (χ1n) is 6.04. The minimum Gasteiger partial charge on any atom is -0.370 e. The van der Waals surface area contributed by atoms with E-state index in [9.17, 15) is 4.39 Å². The van der Waals surface area contributed by atoms with Crippen LogP contribution in [0.4, 0.5) is 4.39 Å². The fourth-order valence-corrected chi connectivity index (χ4v) is 2.26. The number of allylic oxidation sites excluding steroid dienone is 1. The molecule has 0 fully saturated rings. The highest BCUT2D eigenvalue weighted by Gasteiger charge is 2.16. The van der Waals surface area contributed by atoms with E-state index in [0.29, 0.717) is 19.4 Å². The van der Waals surface area contributed by atoms with Gasteiger partial charge in [-0.15, -0.1) is 0 Å². The van der Waals surface area contributed by atoms with Crippen LogP contribution in [0.5, 0.6) is 0 Å². The smallest absolute Gasteiger partial charge is 0.218 e. The van der Waals surface area contributed by atoms with Crippen LogP contribution in [0.25, 0.3) is 5.57 Å². The van der Waals surface area contributed by atoms with Crippen LogP contribution in [0.15, 0.2) is 28.2 Å². The third-order valence-corrected chi connectivity index (χ3v) is 3.25. The average Bonchev–Trinajstić information content (AvgIpc) is 2.72. The molecule has 0 saturated heterocycles. The Bertz CT molecular complexity index is 617. The maximum absolute atomic E-state index is 13.3. The Hall–Kier alpha value is -2.08. The summed E-state index contributed by atoms with van der Waals surface area (Å²) in [5.74, 6) is -0.477. The Morgan fingerprint density at radius 1 is 1.30 bits per heavy atom. The van der Waals surface area contributed by atoms with Gasteiger partial charge in [-0.2, -0.15) is 4.99 Å². The van der Waals surface area contributed by atoms with Crippen molar-refractivity contribution in [2.24, 2.45) is 27.2 Å². The van der Waals surface area contributed by atoms with Crippen LogP contribution in [0.3, 0.4) is 0 Å². The lowest BCUT2D eigenvalue weighted by Crippen LogP contribution is -2.26. The topological polar surface area (TPSA) is 103 Å². The first-order chi connectivity index (χ1) is 9.47. The predicted octanol–water partition coefficient (Wildman–Crippen LogP) is 1.40. The molecule has 6 N–H and O–H groups in total. The van der Waals surface area contributed by atoms with Crippen LogP contribution in [0, 0.1) is 5.82 Å². The second-order valence-corrected chi connectivity index (χ2v) is 4.79. The van der Waals surface area contributed by atoms with Crippen molar-refractivity contribution in [3.8, 4) is 0 Å². The lowest BCUT2D eigenvalue weighted by atomic mass is 10.0. The van der Waals surface area contributed by atoms with Crippen molar-refractivity contribution >= 4 is 29.1 Å². The van der Waals surface area contributed by atoms with Crippen molar-refractivity contribution < 1.29 is 4.39 Å². The van der Waals surface area contributed by atoms with Crippen molar-refractivity contribution in [3.63, 3.8) is 0 Å². The van der Waals surface area contributed by atoms with Gasteiger partial charge >= 0.3 is 0 Å².